The van der Waals surface area contributed by atoms with Crippen molar-refractivity contribution in [1.82, 2.24) is 4.90 Å². The number of unbranched alkanes of at least 4 members (excludes halogenated alkanes) is 1. The number of aliphatic carboxylic acids is 1. The average Bonchev–Trinajstić information content (AvgIpc) is 3.32. The van der Waals surface area contributed by atoms with E-state index in [2.05, 4.69) is 0 Å². The molecule has 2 aliphatic rings. The molecule has 1 aromatic carbocycles. The van der Waals surface area contributed by atoms with Gasteiger partial charge in [-0.3, -0.25) is 9.59 Å². The van der Waals surface area contributed by atoms with Crippen LogP contribution in [0.3, 0.4) is 0 Å². The molecule has 5 heteroatoms. The Hall–Kier alpha value is -2.04. The number of ether oxygens (including phenoxy) is 1. The lowest BCUT2D eigenvalue weighted by Gasteiger charge is -2.16. The van der Waals surface area contributed by atoms with Crippen LogP contribution in [0.15, 0.2) is 24.3 Å². The second-order valence-electron chi connectivity index (χ2n) is 7.37. The molecule has 2 fully saturated rings. The first-order valence-corrected chi connectivity index (χ1v) is 9.24. The first-order valence-electron chi connectivity index (χ1n) is 9.24. The fourth-order valence-corrected chi connectivity index (χ4v) is 3.73. The van der Waals surface area contributed by atoms with Gasteiger partial charge in [-0.25, -0.2) is 0 Å². The molecule has 1 aliphatic heterocycles. The third kappa shape index (κ3) is 4.74. The molecule has 1 amide bonds. The molecule has 2 atom stereocenters. The third-order valence-corrected chi connectivity index (χ3v) is 5.31. The summed E-state index contributed by atoms with van der Waals surface area (Å²) in [6, 6.07) is 7.93. The summed E-state index contributed by atoms with van der Waals surface area (Å²) in [5.41, 5.74) is 1.17. The van der Waals surface area contributed by atoms with Crippen molar-refractivity contribution in [3.63, 3.8) is 0 Å². The molecule has 0 bridgehead atoms. The molecule has 3 rings (SSSR count). The Labute approximate surface area is 149 Å². The molecule has 0 radical (unpaired) electrons. The number of carboxylic acids is 1. The molecule has 1 saturated carbocycles. The van der Waals surface area contributed by atoms with Crippen molar-refractivity contribution in [1.29, 1.82) is 0 Å². The minimum absolute atomic E-state index is 0.0879. The van der Waals surface area contributed by atoms with Crippen molar-refractivity contribution >= 4 is 11.9 Å². The first kappa shape index (κ1) is 17.8. The highest BCUT2D eigenvalue weighted by Gasteiger charge is 2.46. The minimum atomic E-state index is -0.751. The number of carboxylic acid groups (broad SMARTS) is 1. The molecular formula is C20H27NO4. The van der Waals surface area contributed by atoms with Crippen LogP contribution < -0.4 is 4.74 Å². The van der Waals surface area contributed by atoms with Gasteiger partial charge in [-0.15, -0.1) is 0 Å². The van der Waals surface area contributed by atoms with Crippen LogP contribution in [0.1, 0.15) is 37.7 Å². The number of rotatable bonds is 8. The summed E-state index contributed by atoms with van der Waals surface area (Å²) in [5.74, 6) is 0.500. The summed E-state index contributed by atoms with van der Waals surface area (Å²) in [4.78, 5) is 25.6. The van der Waals surface area contributed by atoms with Gasteiger partial charge in [-0.05, 0) is 62.1 Å². The molecule has 0 spiro atoms. The van der Waals surface area contributed by atoms with E-state index < -0.39 is 5.97 Å². The lowest BCUT2D eigenvalue weighted by Crippen LogP contribution is -2.29. The second-order valence-corrected chi connectivity index (χ2v) is 7.37. The maximum atomic E-state index is 12.4. The number of aryl methyl sites for hydroxylation is 1. The van der Waals surface area contributed by atoms with Gasteiger partial charge < -0.3 is 14.7 Å². The van der Waals surface area contributed by atoms with E-state index in [1.807, 2.05) is 31.2 Å². The fourth-order valence-electron chi connectivity index (χ4n) is 3.73. The maximum Gasteiger partial charge on any atom is 0.308 e. The van der Waals surface area contributed by atoms with Crippen LogP contribution in [-0.2, 0) is 9.59 Å². The molecule has 1 N–H and O–H groups in total. The van der Waals surface area contributed by atoms with E-state index in [0.29, 0.717) is 32.0 Å². The molecule has 1 aliphatic carbocycles. The van der Waals surface area contributed by atoms with Crippen LogP contribution in [0.25, 0.3) is 0 Å². The Balaban J connectivity index is 1.37. The smallest absolute Gasteiger partial charge is 0.308 e. The van der Waals surface area contributed by atoms with E-state index in [1.165, 1.54) is 5.56 Å². The zero-order valence-electron chi connectivity index (χ0n) is 14.8. The Morgan fingerprint density at radius 3 is 2.72 bits per heavy atom. The summed E-state index contributed by atoms with van der Waals surface area (Å²) in [6.07, 6.45) is 4.30. The van der Waals surface area contributed by atoms with Crippen LogP contribution in [0, 0.1) is 24.7 Å². The number of carbonyl (C=O) groups excluding carboxylic acids is 1. The standard InChI is InChI=1S/C20H27NO4/c1-14-5-4-6-16(11-14)25-10-3-2-7-19(22)21-12-17(15-8-9-15)18(13-21)20(23)24/h4-6,11,15,17-18H,2-3,7-10,12-13H2,1H3,(H,23,24)/t17-,18+/m1/s1. The van der Waals surface area contributed by atoms with Gasteiger partial charge in [-0.2, -0.15) is 0 Å². The number of hydrogen-bond acceptors (Lipinski definition) is 3. The summed E-state index contributed by atoms with van der Waals surface area (Å²) < 4.78 is 5.70. The molecule has 0 aromatic heterocycles. The summed E-state index contributed by atoms with van der Waals surface area (Å²) in [7, 11) is 0. The lowest BCUT2D eigenvalue weighted by atomic mass is 9.92. The molecule has 136 valence electrons. The van der Waals surface area contributed by atoms with Gasteiger partial charge >= 0.3 is 5.97 Å². The van der Waals surface area contributed by atoms with Gasteiger partial charge in [0.1, 0.15) is 5.75 Å². The average molecular weight is 345 g/mol. The Bertz CT molecular complexity index is 626. The number of carbonyl (C=O) groups is 2. The molecule has 1 aromatic rings. The third-order valence-electron chi connectivity index (χ3n) is 5.31. The summed E-state index contributed by atoms with van der Waals surface area (Å²) in [5, 5.41) is 9.38. The van der Waals surface area contributed by atoms with Crippen LogP contribution in [0.5, 0.6) is 5.75 Å². The first-order chi connectivity index (χ1) is 12.0. The highest BCUT2D eigenvalue weighted by molar-refractivity contribution is 5.79. The van der Waals surface area contributed by atoms with Gasteiger partial charge in [0.15, 0.2) is 0 Å². The summed E-state index contributed by atoms with van der Waals surface area (Å²) in [6.45, 7) is 3.63. The molecular weight excluding hydrogens is 318 g/mol. The Morgan fingerprint density at radius 2 is 2.04 bits per heavy atom. The predicted octanol–water partition coefficient (Wildman–Crippen LogP) is 3.11. The van der Waals surface area contributed by atoms with E-state index in [1.54, 1.807) is 4.90 Å². The molecule has 1 saturated heterocycles. The van der Waals surface area contributed by atoms with Crippen molar-refractivity contribution in [2.45, 2.75) is 39.0 Å². The number of benzene rings is 1. The number of hydrogen-bond donors (Lipinski definition) is 1. The van der Waals surface area contributed by atoms with E-state index >= 15 is 0 Å². The van der Waals surface area contributed by atoms with Crippen molar-refractivity contribution in [2.75, 3.05) is 19.7 Å². The van der Waals surface area contributed by atoms with Crippen LogP contribution >= 0.6 is 0 Å². The fraction of sp³-hybridized carbons (Fsp3) is 0.600. The minimum Gasteiger partial charge on any atom is -0.494 e. The highest BCUT2D eigenvalue weighted by atomic mass is 16.5. The van der Waals surface area contributed by atoms with Crippen molar-refractivity contribution in [3.8, 4) is 5.75 Å². The van der Waals surface area contributed by atoms with Crippen molar-refractivity contribution in [2.24, 2.45) is 17.8 Å². The lowest BCUT2D eigenvalue weighted by molar-refractivity contribution is -0.142. The van der Waals surface area contributed by atoms with Crippen molar-refractivity contribution in [3.05, 3.63) is 29.8 Å². The Kier molecular flexibility index (Phi) is 5.61. The highest BCUT2D eigenvalue weighted by Crippen LogP contribution is 2.44. The summed E-state index contributed by atoms with van der Waals surface area (Å²) >= 11 is 0. The maximum absolute atomic E-state index is 12.4. The van der Waals surface area contributed by atoms with Crippen LogP contribution in [0.4, 0.5) is 0 Å². The monoisotopic (exact) mass is 345 g/mol. The zero-order valence-corrected chi connectivity index (χ0v) is 14.8. The van der Waals surface area contributed by atoms with Gasteiger partial charge in [0.2, 0.25) is 5.91 Å². The number of amides is 1. The van der Waals surface area contributed by atoms with Crippen LogP contribution in [-0.4, -0.2) is 41.6 Å². The number of nitrogens with zero attached hydrogens (tertiary/aromatic N) is 1. The zero-order chi connectivity index (χ0) is 17.8. The second kappa shape index (κ2) is 7.89. The topological polar surface area (TPSA) is 66.8 Å². The Morgan fingerprint density at radius 1 is 1.24 bits per heavy atom. The van der Waals surface area contributed by atoms with E-state index in [0.717, 1.165) is 31.4 Å². The van der Waals surface area contributed by atoms with E-state index in [4.69, 9.17) is 4.74 Å². The predicted molar refractivity (Wildman–Crippen MR) is 94.4 cm³/mol. The van der Waals surface area contributed by atoms with E-state index in [9.17, 15) is 14.7 Å². The molecule has 5 nitrogen and oxygen atoms in total. The molecule has 25 heavy (non-hydrogen) atoms. The van der Waals surface area contributed by atoms with Crippen molar-refractivity contribution < 1.29 is 19.4 Å². The largest absolute Gasteiger partial charge is 0.494 e. The number of likely N-dealkylation sites (tertiary alicyclic amines) is 1. The van der Waals surface area contributed by atoms with Gasteiger partial charge in [0, 0.05) is 19.5 Å². The quantitative estimate of drug-likeness (QED) is 0.735. The molecule has 1 heterocycles. The molecule has 0 unspecified atom stereocenters. The van der Waals surface area contributed by atoms with Gasteiger partial charge in [0.05, 0.1) is 12.5 Å². The van der Waals surface area contributed by atoms with E-state index in [-0.39, 0.29) is 17.7 Å². The van der Waals surface area contributed by atoms with Gasteiger partial charge in [-0.1, -0.05) is 12.1 Å². The van der Waals surface area contributed by atoms with Gasteiger partial charge in [0.25, 0.3) is 0 Å². The normalized spacial score (nSPS) is 22.8. The van der Waals surface area contributed by atoms with Crippen LogP contribution in [0.2, 0.25) is 0 Å². The SMILES string of the molecule is Cc1cccc(OCCCCC(=O)N2C[C@H](C(=O)O)[C@@H](C3CC3)C2)c1.